The SMILES string of the molecule is CN[C@@H](C)C(=O)N[C@H](C(=O)N1CCC[C@H]1CN(CCc1ccc(F)cc1)C(=O)c1cn(C)cn1)C1CCCCC1. The van der Waals surface area contributed by atoms with E-state index in [1.54, 1.807) is 48.1 Å². The van der Waals surface area contributed by atoms with Crippen LogP contribution in [0.4, 0.5) is 4.39 Å². The van der Waals surface area contributed by atoms with Crippen LogP contribution in [0.5, 0.6) is 0 Å². The van der Waals surface area contributed by atoms with Crippen LogP contribution in [0.15, 0.2) is 36.8 Å². The predicted octanol–water partition coefficient (Wildman–Crippen LogP) is 2.91. The van der Waals surface area contributed by atoms with E-state index >= 15 is 0 Å². The number of aryl methyl sites for hydroxylation is 1. The Labute approximate surface area is 236 Å². The third kappa shape index (κ3) is 7.47. The van der Waals surface area contributed by atoms with E-state index in [-0.39, 0.29) is 35.5 Å². The first-order chi connectivity index (χ1) is 19.3. The zero-order valence-corrected chi connectivity index (χ0v) is 23.9. The van der Waals surface area contributed by atoms with Gasteiger partial charge >= 0.3 is 0 Å². The first kappa shape index (κ1) is 29.7. The number of imidazole rings is 1. The Morgan fingerprint density at radius 3 is 2.48 bits per heavy atom. The molecule has 9 nitrogen and oxygen atoms in total. The monoisotopic (exact) mass is 554 g/mol. The molecular weight excluding hydrogens is 511 g/mol. The fraction of sp³-hybridized carbons (Fsp3) is 0.600. The molecule has 0 radical (unpaired) electrons. The van der Waals surface area contributed by atoms with E-state index in [2.05, 4.69) is 15.6 Å². The summed E-state index contributed by atoms with van der Waals surface area (Å²) in [6.07, 6.45) is 10.6. The molecule has 2 N–H and O–H groups in total. The molecule has 2 aromatic rings. The summed E-state index contributed by atoms with van der Waals surface area (Å²) in [6, 6.07) is 5.19. The van der Waals surface area contributed by atoms with Crippen molar-refractivity contribution in [2.24, 2.45) is 13.0 Å². The second-order valence-electron chi connectivity index (χ2n) is 11.3. The number of benzene rings is 1. The van der Waals surface area contributed by atoms with Gasteiger partial charge in [-0.1, -0.05) is 31.4 Å². The third-order valence-electron chi connectivity index (χ3n) is 8.40. The molecule has 2 aliphatic rings. The van der Waals surface area contributed by atoms with E-state index < -0.39 is 12.1 Å². The van der Waals surface area contributed by atoms with Gasteiger partial charge in [0.05, 0.1) is 12.4 Å². The van der Waals surface area contributed by atoms with Crippen LogP contribution >= 0.6 is 0 Å². The second kappa shape index (κ2) is 13.9. The van der Waals surface area contributed by atoms with Crippen LogP contribution in [-0.2, 0) is 23.1 Å². The van der Waals surface area contributed by atoms with Gasteiger partial charge in [-0.2, -0.15) is 0 Å². The number of aromatic nitrogens is 2. The third-order valence-corrected chi connectivity index (χ3v) is 8.40. The topological polar surface area (TPSA) is 99.6 Å². The predicted molar refractivity (Wildman–Crippen MR) is 151 cm³/mol. The molecule has 1 saturated carbocycles. The van der Waals surface area contributed by atoms with Crippen molar-refractivity contribution < 1.29 is 18.8 Å². The minimum absolute atomic E-state index is 0.0465. The Kier molecular flexibility index (Phi) is 10.3. The normalized spacial score (nSPS) is 19.3. The lowest BCUT2D eigenvalue weighted by atomic mass is 9.83. The number of hydrogen-bond acceptors (Lipinski definition) is 5. The van der Waals surface area contributed by atoms with E-state index in [9.17, 15) is 18.8 Å². The molecule has 3 atom stereocenters. The minimum atomic E-state index is -0.566. The van der Waals surface area contributed by atoms with Crippen molar-refractivity contribution >= 4 is 17.7 Å². The van der Waals surface area contributed by atoms with Gasteiger partial charge in [0.25, 0.3) is 5.91 Å². The lowest BCUT2D eigenvalue weighted by Crippen LogP contribution is -2.57. The van der Waals surface area contributed by atoms with Gasteiger partial charge in [-0.25, -0.2) is 9.37 Å². The highest BCUT2D eigenvalue weighted by atomic mass is 19.1. The maximum absolute atomic E-state index is 14.1. The summed E-state index contributed by atoms with van der Waals surface area (Å²) < 4.78 is 15.2. The molecule has 1 aromatic carbocycles. The number of carbonyl (C=O) groups excluding carboxylic acids is 3. The average molecular weight is 555 g/mol. The van der Waals surface area contributed by atoms with E-state index in [1.807, 2.05) is 11.9 Å². The number of rotatable bonds is 11. The first-order valence-electron chi connectivity index (χ1n) is 14.6. The molecule has 4 rings (SSSR count). The fourth-order valence-electron chi connectivity index (χ4n) is 5.88. The van der Waals surface area contributed by atoms with Gasteiger partial charge in [-0.15, -0.1) is 0 Å². The van der Waals surface area contributed by atoms with Crippen molar-refractivity contribution in [1.82, 2.24) is 30.0 Å². The highest BCUT2D eigenvalue weighted by Crippen LogP contribution is 2.29. The van der Waals surface area contributed by atoms with Crippen molar-refractivity contribution in [3.8, 4) is 0 Å². The number of hydrogen-bond donors (Lipinski definition) is 2. The maximum Gasteiger partial charge on any atom is 0.274 e. The van der Waals surface area contributed by atoms with Crippen molar-refractivity contribution in [2.45, 2.75) is 76.4 Å². The van der Waals surface area contributed by atoms with Crippen LogP contribution in [-0.4, -0.2) is 81.9 Å². The van der Waals surface area contributed by atoms with Gasteiger partial charge in [-0.05, 0) is 69.7 Å². The molecule has 3 amide bonds. The Morgan fingerprint density at radius 2 is 1.82 bits per heavy atom. The van der Waals surface area contributed by atoms with Crippen LogP contribution in [0.2, 0.25) is 0 Å². The van der Waals surface area contributed by atoms with Crippen LogP contribution in [0.1, 0.15) is 67.9 Å². The molecule has 2 fully saturated rings. The van der Waals surface area contributed by atoms with Crippen LogP contribution in [0.25, 0.3) is 0 Å². The number of amides is 3. The average Bonchev–Trinajstić information content (AvgIpc) is 3.62. The smallest absolute Gasteiger partial charge is 0.274 e. The molecule has 1 aliphatic heterocycles. The summed E-state index contributed by atoms with van der Waals surface area (Å²) in [6.45, 7) is 3.19. The van der Waals surface area contributed by atoms with Crippen LogP contribution in [0.3, 0.4) is 0 Å². The van der Waals surface area contributed by atoms with Crippen LogP contribution < -0.4 is 10.6 Å². The van der Waals surface area contributed by atoms with Gasteiger partial charge in [0.2, 0.25) is 11.8 Å². The summed E-state index contributed by atoms with van der Waals surface area (Å²) in [5, 5.41) is 6.04. The van der Waals surface area contributed by atoms with Crippen molar-refractivity contribution in [1.29, 1.82) is 0 Å². The Hall–Kier alpha value is -3.27. The summed E-state index contributed by atoms with van der Waals surface area (Å²) in [4.78, 5) is 48.4. The zero-order valence-electron chi connectivity index (χ0n) is 23.9. The zero-order chi connectivity index (χ0) is 28.6. The minimum Gasteiger partial charge on any atom is -0.343 e. The molecule has 1 aromatic heterocycles. The van der Waals surface area contributed by atoms with E-state index in [1.165, 1.54) is 12.1 Å². The lowest BCUT2D eigenvalue weighted by molar-refractivity contribution is -0.139. The molecule has 10 heteroatoms. The number of nitrogens with one attached hydrogen (secondary N) is 2. The number of likely N-dealkylation sites (N-methyl/N-ethyl adjacent to an activating group) is 1. The fourth-order valence-corrected chi connectivity index (χ4v) is 5.88. The number of nitrogens with zero attached hydrogens (tertiary/aromatic N) is 4. The molecule has 40 heavy (non-hydrogen) atoms. The van der Waals surface area contributed by atoms with Gasteiger partial charge in [-0.3, -0.25) is 14.4 Å². The largest absolute Gasteiger partial charge is 0.343 e. The molecule has 218 valence electrons. The highest BCUT2D eigenvalue weighted by molar-refractivity contribution is 5.92. The first-order valence-corrected chi connectivity index (χ1v) is 14.6. The van der Waals surface area contributed by atoms with Crippen molar-refractivity contribution in [3.05, 3.63) is 53.9 Å². The Morgan fingerprint density at radius 1 is 1.10 bits per heavy atom. The van der Waals surface area contributed by atoms with E-state index in [0.717, 1.165) is 50.5 Å². The number of halogens is 1. The highest BCUT2D eigenvalue weighted by Gasteiger charge is 2.39. The summed E-state index contributed by atoms with van der Waals surface area (Å²) in [5.74, 6) is -0.598. The Balaban J connectivity index is 1.52. The number of carbonyl (C=O) groups is 3. The van der Waals surface area contributed by atoms with Crippen molar-refractivity contribution in [3.63, 3.8) is 0 Å². The maximum atomic E-state index is 14.1. The lowest BCUT2D eigenvalue weighted by Gasteiger charge is -2.37. The van der Waals surface area contributed by atoms with Crippen LogP contribution in [0, 0.1) is 11.7 Å². The second-order valence-corrected chi connectivity index (χ2v) is 11.3. The van der Waals surface area contributed by atoms with Gasteiger partial charge in [0.15, 0.2) is 0 Å². The van der Waals surface area contributed by atoms with Crippen molar-refractivity contribution in [2.75, 3.05) is 26.7 Å². The standard InChI is InChI=1S/C30H43FN6O3/c1-21(32-2)28(38)34-27(23-8-5-4-6-9-23)30(40)37-16-7-10-25(37)18-36(29(39)26-19-35(3)20-33-26)17-15-22-11-13-24(31)14-12-22/h11-14,19-21,23,25,27,32H,4-10,15-18H2,1-3H3,(H,34,38)/t21-,25-,27-/m0/s1. The van der Waals surface area contributed by atoms with E-state index in [0.29, 0.717) is 31.7 Å². The summed E-state index contributed by atoms with van der Waals surface area (Å²) in [5.41, 5.74) is 1.28. The summed E-state index contributed by atoms with van der Waals surface area (Å²) in [7, 11) is 3.55. The van der Waals surface area contributed by atoms with Gasteiger partial charge in [0, 0.05) is 38.9 Å². The van der Waals surface area contributed by atoms with Gasteiger partial charge < -0.3 is 25.0 Å². The quantitative estimate of drug-likeness (QED) is 0.445. The molecule has 1 aliphatic carbocycles. The molecule has 1 saturated heterocycles. The van der Waals surface area contributed by atoms with E-state index in [4.69, 9.17) is 0 Å². The van der Waals surface area contributed by atoms with Gasteiger partial charge in [0.1, 0.15) is 17.6 Å². The molecule has 0 unspecified atom stereocenters. The molecular formula is C30H43FN6O3. The Bertz CT molecular complexity index is 1150. The molecule has 2 heterocycles. The molecule has 0 bridgehead atoms. The number of likely N-dealkylation sites (tertiary alicyclic amines) is 1. The molecule has 0 spiro atoms. The summed E-state index contributed by atoms with van der Waals surface area (Å²) >= 11 is 0.